The largest absolute Gasteiger partial charge is 0.388 e. The van der Waals surface area contributed by atoms with Gasteiger partial charge in [-0.2, -0.15) is 0 Å². The summed E-state index contributed by atoms with van der Waals surface area (Å²) in [6.07, 6.45) is 0. The topological polar surface area (TPSA) is 63.8 Å². The highest BCUT2D eigenvalue weighted by Gasteiger charge is 2.00. The molecule has 2 heterocycles. The Hall–Kier alpha value is -1.53. The van der Waals surface area contributed by atoms with E-state index in [2.05, 4.69) is 15.3 Å². The molecule has 0 atom stereocenters. The molecular weight excluding hydrogens is 240 g/mol. The lowest BCUT2D eigenvalue weighted by Gasteiger charge is -2.04. The Morgan fingerprint density at radius 1 is 1.50 bits per heavy atom. The number of thiocarbonyl (C=S) groups is 1. The van der Waals surface area contributed by atoms with Gasteiger partial charge in [-0.25, -0.2) is 9.97 Å². The monoisotopic (exact) mass is 250 g/mol. The average Bonchev–Trinajstić information content (AvgIpc) is 2.79. The molecule has 0 aromatic carbocycles. The molecule has 0 amide bonds. The molecule has 16 heavy (non-hydrogen) atoms. The SMILES string of the molecule is NC(=S)c1cccc(NCc2cscn2)n1. The molecule has 0 fully saturated rings. The third-order valence-electron chi connectivity index (χ3n) is 1.94. The number of nitrogens with zero attached hydrogens (tertiary/aromatic N) is 2. The van der Waals surface area contributed by atoms with Gasteiger partial charge in [-0.15, -0.1) is 11.3 Å². The maximum atomic E-state index is 5.50. The molecular formula is C10H10N4S2. The van der Waals surface area contributed by atoms with E-state index < -0.39 is 0 Å². The van der Waals surface area contributed by atoms with Crippen molar-refractivity contribution >= 4 is 34.4 Å². The number of hydrogen-bond donors (Lipinski definition) is 2. The van der Waals surface area contributed by atoms with E-state index in [0.717, 1.165) is 11.5 Å². The molecule has 0 unspecified atom stereocenters. The van der Waals surface area contributed by atoms with Gasteiger partial charge in [0.15, 0.2) is 0 Å². The minimum atomic E-state index is 0.303. The van der Waals surface area contributed by atoms with Crippen LogP contribution in [0.5, 0.6) is 0 Å². The Bertz CT molecular complexity index is 481. The zero-order valence-electron chi connectivity index (χ0n) is 8.38. The first-order valence-corrected chi connectivity index (χ1v) is 5.98. The quantitative estimate of drug-likeness (QED) is 0.810. The van der Waals surface area contributed by atoms with E-state index in [1.54, 1.807) is 22.9 Å². The van der Waals surface area contributed by atoms with Gasteiger partial charge < -0.3 is 11.1 Å². The Balaban J connectivity index is 2.04. The Kier molecular flexibility index (Phi) is 3.43. The lowest BCUT2D eigenvalue weighted by molar-refractivity contribution is 1.05. The van der Waals surface area contributed by atoms with E-state index in [1.165, 1.54) is 0 Å². The van der Waals surface area contributed by atoms with Gasteiger partial charge in [0.05, 0.1) is 23.4 Å². The molecule has 0 aliphatic carbocycles. The summed E-state index contributed by atoms with van der Waals surface area (Å²) in [4.78, 5) is 8.74. The van der Waals surface area contributed by atoms with Crippen LogP contribution in [-0.2, 0) is 6.54 Å². The van der Waals surface area contributed by atoms with Gasteiger partial charge in [0.25, 0.3) is 0 Å². The molecule has 0 saturated heterocycles. The van der Waals surface area contributed by atoms with E-state index >= 15 is 0 Å². The first-order valence-electron chi connectivity index (χ1n) is 4.63. The number of thiazole rings is 1. The number of nitrogens with one attached hydrogen (secondary N) is 1. The van der Waals surface area contributed by atoms with Crippen LogP contribution in [0.25, 0.3) is 0 Å². The minimum Gasteiger partial charge on any atom is -0.388 e. The van der Waals surface area contributed by atoms with Gasteiger partial charge in [0, 0.05) is 5.38 Å². The van der Waals surface area contributed by atoms with E-state index in [9.17, 15) is 0 Å². The first kappa shape index (κ1) is 11.0. The van der Waals surface area contributed by atoms with Crippen molar-refractivity contribution in [1.29, 1.82) is 0 Å². The molecule has 0 bridgehead atoms. The zero-order chi connectivity index (χ0) is 11.4. The Morgan fingerprint density at radius 2 is 2.38 bits per heavy atom. The van der Waals surface area contributed by atoms with Crippen LogP contribution in [0.1, 0.15) is 11.4 Å². The average molecular weight is 250 g/mol. The zero-order valence-corrected chi connectivity index (χ0v) is 10.0. The van der Waals surface area contributed by atoms with E-state index in [0.29, 0.717) is 17.2 Å². The van der Waals surface area contributed by atoms with Gasteiger partial charge in [-0.05, 0) is 12.1 Å². The van der Waals surface area contributed by atoms with Gasteiger partial charge in [-0.1, -0.05) is 18.3 Å². The summed E-state index contributed by atoms with van der Waals surface area (Å²) in [5, 5.41) is 5.15. The van der Waals surface area contributed by atoms with Crippen LogP contribution in [0, 0.1) is 0 Å². The van der Waals surface area contributed by atoms with Gasteiger partial charge >= 0.3 is 0 Å². The molecule has 0 aliphatic rings. The van der Waals surface area contributed by atoms with Crippen LogP contribution in [0.2, 0.25) is 0 Å². The van der Waals surface area contributed by atoms with Crippen LogP contribution in [0.3, 0.4) is 0 Å². The fourth-order valence-electron chi connectivity index (χ4n) is 1.18. The Morgan fingerprint density at radius 3 is 3.06 bits per heavy atom. The van der Waals surface area contributed by atoms with Crippen molar-refractivity contribution in [2.45, 2.75) is 6.54 Å². The smallest absolute Gasteiger partial charge is 0.127 e. The summed E-state index contributed by atoms with van der Waals surface area (Å²) >= 11 is 6.43. The van der Waals surface area contributed by atoms with E-state index in [4.69, 9.17) is 18.0 Å². The third-order valence-corrected chi connectivity index (χ3v) is 2.78. The van der Waals surface area contributed by atoms with Crippen LogP contribution in [0.15, 0.2) is 29.1 Å². The predicted molar refractivity (Wildman–Crippen MR) is 69.6 cm³/mol. The van der Waals surface area contributed by atoms with Crippen LogP contribution in [0.4, 0.5) is 5.82 Å². The number of nitrogens with two attached hydrogens (primary N) is 1. The number of rotatable bonds is 4. The van der Waals surface area contributed by atoms with Crippen molar-refractivity contribution in [1.82, 2.24) is 9.97 Å². The van der Waals surface area contributed by atoms with Crippen molar-refractivity contribution in [2.75, 3.05) is 5.32 Å². The second kappa shape index (κ2) is 5.00. The highest BCUT2D eigenvalue weighted by Crippen LogP contribution is 2.08. The number of anilines is 1. The molecule has 0 aliphatic heterocycles. The second-order valence-electron chi connectivity index (χ2n) is 3.11. The lowest BCUT2D eigenvalue weighted by atomic mass is 10.3. The molecule has 4 nitrogen and oxygen atoms in total. The van der Waals surface area contributed by atoms with Crippen molar-refractivity contribution in [3.05, 3.63) is 40.5 Å². The van der Waals surface area contributed by atoms with Crippen molar-refractivity contribution < 1.29 is 0 Å². The molecule has 6 heteroatoms. The summed E-state index contributed by atoms with van der Waals surface area (Å²) in [5.41, 5.74) is 8.92. The van der Waals surface area contributed by atoms with Crippen molar-refractivity contribution in [3.8, 4) is 0 Å². The molecule has 82 valence electrons. The molecule has 0 saturated carbocycles. The van der Waals surface area contributed by atoms with E-state index in [1.807, 2.05) is 17.5 Å². The third kappa shape index (κ3) is 2.74. The molecule has 2 aromatic heterocycles. The normalized spacial score (nSPS) is 10.0. The fraction of sp³-hybridized carbons (Fsp3) is 0.100. The lowest BCUT2D eigenvalue weighted by Crippen LogP contribution is -2.12. The summed E-state index contributed by atoms with van der Waals surface area (Å²) in [6.45, 7) is 0.650. The number of pyridine rings is 1. The standard InChI is InChI=1S/C10H10N4S2/c11-10(15)8-2-1-3-9(14-8)12-4-7-5-16-6-13-7/h1-3,5-6H,4H2,(H2,11,15)(H,12,14). The summed E-state index contributed by atoms with van der Waals surface area (Å²) in [6, 6.07) is 5.52. The molecule has 3 N–H and O–H groups in total. The molecule has 2 rings (SSSR count). The van der Waals surface area contributed by atoms with Crippen LogP contribution >= 0.6 is 23.6 Å². The minimum absolute atomic E-state index is 0.303. The fourth-order valence-corrected chi connectivity index (χ4v) is 1.85. The van der Waals surface area contributed by atoms with Gasteiger partial charge in [-0.3, -0.25) is 0 Å². The highest BCUT2D eigenvalue weighted by atomic mass is 32.1. The summed E-state index contributed by atoms with van der Waals surface area (Å²) in [7, 11) is 0. The van der Waals surface area contributed by atoms with Crippen LogP contribution < -0.4 is 11.1 Å². The summed E-state index contributed by atoms with van der Waals surface area (Å²) in [5.74, 6) is 0.748. The maximum absolute atomic E-state index is 5.50. The maximum Gasteiger partial charge on any atom is 0.127 e. The van der Waals surface area contributed by atoms with Crippen molar-refractivity contribution in [3.63, 3.8) is 0 Å². The highest BCUT2D eigenvalue weighted by molar-refractivity contribution is 7.80. The van der Waals surface area contributed by atoms with Crippen molar-refractivity contribution in [2.24, 2.45) is 5.73 Å². The van der Waals surface area contributed by atoms with Crippen LogP contribution in [-0.4, -0.2) is 15.0 Å². The van der Waals surface area contributed by atoms with Gasteiger partial charge in [0.2, 0.25) is 0 Å². The Labute approximate surface area is 103 Å². The predicted octanol–water partition coefficient (Wildman–Crippen LogP) is 1.78. The molecule has 0 radical (unpaired) electrons. The van der Waals surface area contributed by atoms with E-state index in [-0.39, 0.29) is 0 Å². The number of aromatic nitrogens is 2. The molecule has 0 spiro atoms. The van der Waals surface area contributed by atoms with Gasteiger partial charge in [0.1, 0.15) is 10.8 Å². The first-order chi connectivity index (χ1) is 7.75. The second-order valence-corrected chi connectivity index (χ2v) is 4.26. The summed E-state index contributed by atoms with van der Waals surface area (Å²) < 4.78 is 0. The number of hydrogen-bond acceptors (Lipinski definition) is 5. The molecule has 2 aromatic rings.